The summed E-state index contributed by atoms with van der Waals surface area (Å²) in [7, 11) is 0. The molecule has 1 atom stereocenters. The standard InChI is InChI=1S/C16H16N2S/c17-18-16(9-12-7-8-19-11-12)15-6-5-13-3-1-2-4-14(13)10-15/h1-8,10-11,16,18H,9,17H2. The lowest BCUT2D eigenvalue weighted by Gasteiger charge is -2.16. The SMILES string of the molecule is NNC(Cc1ccsc1)c1ccc2ccccc2c1. The van der Waals surface area contributed by atoms with Crippen LogP contribution in [0.3, 0.4) is 0 Å². The number of hydrazine groups is 1. The van der Waals surface area contributed by atoms with Gasteiger partial charge in [-0.15, -0.1) is 0 Å². The summed E-state index contributed by atoms with van der Waals surface area (Å²) in [5, 5.41) is 6.79. The summed E-state index contributed by atoms with van der Waals surface area (Å²) in [6, 6.07) is 17.2. The van der Waals surface area contributed by atoms with E-state index in [1.165, 1.54) is 21.9 Å². The molecule has 1 unspecified atom stereocenters. The Hall–Kier alpha value is -1.68. The highest BCUT2D eigenvalue weighted by atomic mass is 32.1. The Morgan fingerprint density at radius 1 is 1.05 bits per heavy atom. The molecule has 3 rings (SSSR count). The Morgan fingerprint density at radius 3 is 2.63 bits per heavy atom. The van der Waals surface area contributed by atoms with Gasteiger partial charge in [0, 0.05) is 0 Å². The van der Waals surface area contributed by atoms with E-state index in [0.717, 1.165) is 6.42 Å². The molecule has 0 aliphatic rings. The van der Waals surface area contributed by atoms with Crippen LogP contribution < -0.4 is 11.3 Å². The topological polar surface area (TPSA) is 38.0 Å². The van der Waals surface area contributed by atoms with E-state index in [0.29, 0.717) is 0 Å². The highest BCUT2D eigenvalue weighted by Crippen LogP contribution is 2.23. The minimum atomic E-state index is 0.152. The van der Waals surface area contributed by atoms with Crippen LogP contribution in [0.4, 0.5) is 0 Å². The van der Waals surface area contributed by atoms with Gasteiger partial charge in [-0.25, -0.2) is 0 Å². The molecule has 3 N–H and O–H groups in total. The number of nitrogens with two attached hydrogens (primary N) is 1. The molecule has 3 heteroatoms. The van der Waals surface area contributed by atoms with Crippen molar-refractivity contribution < 1.29 is 0 Å². The molecule has 96 valence electrons. The van der Waals surface area contributed by atoms with E-state index < -0.39 is 0 Å². The molecular weight excluding hydrogens is 252 g/mol. The predicted octanol–water partition coefficient (Wildman–Crippen LogP) is 3.65. The number of nitrogens with one attached hydrogen (secondary N) is 1. The van der Waals surface area contributed by atoms with E-state index in [2.05, 4.69) is 64.7 Å². The average Bonchev–Trinajstić information content (AvgIpc) is 2.97. The summed E-state index contributed by atoms with van der Waals surface area (Å²) in [5.41, 5.74) is 5.48. The van der Waals surface area contributed by atoms with Crippen molar-refractivity contribution in [2.24, 2.45) is 5.84 Å². The van der Waals surface area contributed by atoms with Gasteiger partial charge in [0.05, 0.1) is 6.04 Å². The maximum atomic E-state index is 5.72. The molecule has 0 amide bonds. The van der Waals surface area contributed by atoms with Crippen LogP contribution in [-0.2, 0) is 6.42 Å². The van der Waals surface area contributed by atoms with Crippen molar-refractivity contribution in [2.75, 3.05) is 0 Å². The molecule has 2 aromatic carbocycles. The summed E-state index contributed by atoms with van der Waals surface area (Å²) in [6.07, 6.45) is 0.915. The fraction of sp³-hybridized carbons (Fsp3) is 0.125. The van der Waals surface area contributed by atoms with Gasteiger partial charge < -0.3 is 0 Å². The van der Waals surface area contributed by atoms with Gasteiger partial charge in [-0.05, 0) is 51.2 Å². The molecule has 0 bridgehead atoms. The number of hydrogen-bond acceptors (Lipinski definition) is 3. The van der Waals surface area contributed by atoms with Crippen molar-refractivity contribution in [3.63, 3.8) is 0 Å². The average molecular weight is 268 g/mol. The summed E-state index contributed by atoms with van der Waals surface area (Å²) in [4.78, 5) is 0. The molecule has 1 aromatic heterocycles. The minimum Gasteiger partial charge on any atom is -0.271 e. The van der Waals surface area contributed by atoms with Gasteiger partial charge in [-0.1, -0.05) is 36.4 Å². The Bertz CT molecular complexity index is 661. The molecule has 0 aliphatic carbocycles. The fourth-order valence-corrected chi connectivity index (χ4v) is 3.02. The Balaban J connectivity index is 1.92. The van der Waals surface area contributed by atoms with Crippen LogP contribution in [0, 0.1) is 0 Å². The van der Waals surface area contributed by atoms with Crippen molar-refractivity contribution in [3.8, 4) is 0 Å². The third-order valence-electron chi connectivity index (χ3n) is 3.40. The third-order valence-corrected chi connectivity index (χ3v) is 4.13. The van der Waals surface area contributed by atoms with E-state index >= 15 is 0 Å². The quantitative estimate of drug-likeness (QED) is 0.560. The first-order valence-electron chi connectivity index (χ1n) is 6.33. The third kappa shape index (κ3) is 2.68. The molecule has 0 fully saturated rings. The zero-order valence-corrected chi connectivity index (χ0v) is 11.4. The molecule has 2 nitrogen and oxygen atoms in total. The van der Waals surface area contributed by atoms with E-state index in [1.54, 1.807) is 11.3 Å². The van der Waals surface area contributed by atoms with Gasteiger partial charge in [0.15, 0.2) is 0 Å². The smallest absolute Gasteiger partial charge is 0.0500 e. The van der Waals surface area contributed by atoms with Gasteiger partial charge >= 0.3 is 0 Å². The van der Waals surface area contributed by atoms with Crippen molar-refractivity contribution in [3.05, 3.63) is 70.4 Å². The monoisotopic (exact) mass is 268 g/mol. The van der Waals surface area contributed by atoms with E-state index in [-0.39, 0.29) is 6.04 Å². The van der Waals surface area contributed by atoms with Crippen LogP contribution in [0.1, 0.15) is 17.2 Å². The highest BCUT2D eigenvalue weighted by Gasteiger charge is 2.11. The minimum absolute atomic E-state index is 0.152. The lowest BCUT2D eigenvalue weighted by atomic mass is 9.98. The fourth-order valence-electron chi connectivity index (χ4n) is 2.34. The second-order valence-corrected chi connectivity index (χ2v) is 5.44. The van der Waals surface area contributed by atoms with Gasteiger partial charge in [0.1, 0.15) is 0 Å². The van der Waals surface area contributed by atoms with Gasteiger partial charge in [-0.3, -0.25) is 11.3 Å². The number of hydrogen-bond donors (Lipinski definition) is 2. The molecule has 0 saturated heterocycles. The zero-order valence-electron chi connectivity index (χ0n) is 10.5. The molecular formula is C16H16N2S. The first-order chi connectivity index (χ1) is 9.36. The Kier molecular flexibility index (Phi) is 3.60. The van der Waals surface area contributed by atoms with Crippen molar-refractivity contribution >= 4 is 22.1 Å². The normalized spacial score (nSPS) is 12.7. The zero-order chi connectivity index (χ0) is 13.1. The van der Waals surface area contributed by atoms with Crippen LogP contribution in [0.25, 0.3) is 10.8 Å². The molecule has 3 aromatic rings. The molecule has 0 saturated carbocycles. The maximum Gasteiger partial charge on any atom is 0.0500 e. The first kappa shape index (κ1) is 12.4. The lowest BCUT2D eigenvalue weighted by Crippen LogP contribution is -2.29. The van der Waals surface area contributed by atoms with Crippen LogP contribution in [-0.4, -0.2) is 0 Å². The highest BCUT2D eigenvalue weighted by molar-refractivity contribution is 7.07. The van der Waals surface area contributed by atoms with E-state index in [1.807, 2.05) is 0 Å². The molecule has 0 radical (unpaired) electrons. The largest absolute Gasteiger partial charge is 0.271 e. The van der Waals surface area contributed by atoms with E-state index in [4.69, 9.17) is 5.84 Å². The van der Waals surface area contributed by atoms with Crippen molar-refractivity contribution in [1.82, 2.24) is 5.43 Å². The van der Waals surface area contributed by atoms with Gasteiger partial charge in [0.2, 0.25) is 0 Å². The Labute approximate surface area is 116 Å². The number of thiophene rings is 1. The summed E-state index contributed by atoms with van der Waals surface area (Å²) in [5.74, 6) is 5.72. The van der Waals surface area contributed by atoms with Crippen molar-refractivity contribution in [1.29, 1.82) is 0 Å². The number of benzene rings is 2. The summed E-state index contributed by atoms with van der Waals surface area (Å²) >= 11 is 1.72. The molecule has 0 aliphatic heterocycles. The number of rotatable bonds is 4. The maximum absolute atomic E-state index is 5.72. The Morgan fingerprint density at radius 2 is 1.89 bits per heavy atom. The van der Waals surface area contributed by atoms with Crippen LogP contribution in [0.5, 0.6) is 0 Å². The second-order valence-electron chi connectivity index (χ2n) is 4.66. The first-order valence-corrected chi connectivity index (χ1v) is 7.27. The van der Waals surface area contributed by atoms with Crippen LogP contribution >= 0.6 is 11.3 Å². The molecule has 1 heterocycles. The lowest BCUT2D eigenvalue weighted by molar-refractivity contribution is 0.553. The predicted molar refractivity (Wildman–Crippen MR) is 82.0 cm³/mol. The van der Waals surface area contributed by atoms with Gasteiger partial charge in [0.25, 0.3) is 0 Å². The summed E-state index contributed by atoms with van der Waals surface area (Å²) in [6.45, 7) is 0. The second kappa shape index (κ2) is 5.53. The molecule has 19 heavy (non-hydrogen) atoms. The van der Waals surface area contributed by atoms with Crippen LogP contribution in [0.2, 0.25) is 0 Å². The van der Waals surface area contributed by atoms with E-state index in [9.17, 15) is 0 Å². The number of fused-ring (bicyclic) bond motifs is 1. The summed E-state index contributed by atoms with van der Waals surface area (Å²) < 4.78 is 0. The van der Waals surface area contributed by atoms with Crippen molar-refractivity contribution in [2.45, 2.75) is 12.5 Å². The van der Waals surface area contributed by atoms with Gasteiger partial charge in [-0.2, -0.15) is 11.3 Å². The molecule has 0 spiro atoms. The van der Waals surface area contributed by atoms with Crippen LogP contribution in [0.15, 0.2) is 59.3 Å².